The standard InChI is InChI=1S/C23H20N4O3S2/c1-15-8-9-16(2)26(15)20-10-11-31-23(20)19-13-21-24-17(12-22(28)27(21)25-19)14-32(29,30)18-6-4-3-5-7-18/h3-13,25H,14H2,1-2H3. The van der Waals surface area contributed by atoms with E-state index in [0.717, 1.165) is 27.6 Å². The lowest BCUT2D eigenvalue weighted by Crippen LogP contribution is -2.17. The minimum absolute atomic E-state index is 0.206. The van der Waals surface area contributed by atoms with Crippen LogP contribution in [0.4, 0.5) is 0 Å². The summed E-state index contributed by atoms with van der Waals surface area (Å²) < 4.78 is 28.9. The molecule has 7 nitrogen and oxygen atoms in total. The molecule has 0 spiro atoms. The van der Waals surface area contributed by atoms with Crippen LogP contribution in [0.5, 0.6) is 0 Å². The van der Waals surface area contributed by atoms with E-state index in [9.17, 15) is 13.2 Å². The zero-order valence-corrected chi connectivity index (χ0v) is 19.1. The number of aryl methyl sites for hydroxylation is 2. The maximum absolute atomic E-state index is 12.7. The molecule has 5 rings (SSSR count). The summed E-state index contributed by atoms with van der Waals surface area (Å²) in [5, 5.41) is 5.12. The quantitative estimate of drug-likeness (QED) is 0.423. The molecule has 5 aromatic rings. The Hall–Kier alpha value is -3.43. The van der Waals surface area contributed by atoms with E-state index in [1.165, 1.54) is 10.6 Å². The third kappa shape index (κ3) is 3.49. The summed E-state index contributed by atoms with van der Waals surface area (Å²) in [5.41, 5.74) is 4.23. The van der Waals surface area contributed by atoms with Crippen LogP contribution in [-0.4, -0.2) is 27.6 Å². The number of thiophene rings is 1. The molecule has 0 atom stereocenters. The van der Waals surface area contributed by atoms with Gasteiger partial charge >= 0.3 is 0 Å². The first-order chi connectivity index (χ1) is 15.3. The van der Waals surface area contributed by atoms with Gasteiger partial charge in [-0.3, -0.25) is 9.89 Å². The van der Waals surface area contributed by atoms with E-state index in [-0.39, 0.29) is 21.9 Å². The molecule has 4 aromatic heterocycles. The second-order valence-corrected chi connectivity index (χ2v) is 10.5. The van der Waals surface area contributed by atoms with Crippen LogP contribution in [0.25, 0.3) is 21.9 Å². The molecule has 162 valence electrons. The van der Waals surface area contributed by atoms with E-state index in [1.54, 1.807) is 47.7 Å². The fourth-order valence-electron chi connectivity index (χ4n) is 3.87. The van der Waals surface area contributed by atoms with Crippen LogP contribution < -0.4 is 5.56 Å². The van der Waals surface area contributed by atoms with Crippen LogP contribution in [0.3, 0.4) is 0 Å². The van der Waals surface area contributed by atoms with Crippen LogP contribution >= 0.6 is 11.3 Å². The molecule has 4 heterocycles. The van der Waals surface area contributed by atoms with Crippen LogP contribution in [0, 0.1) is 13.8 Å². The normalized spacial score (nSPS) is 11.9. The number of rotatable bonds is 5. The van der Waals surface area contributed by atoms with Gasteiger partial charge in [0.15, 0.2) is 15.5 Å². The Kier molecular flexibility index (Phi) is 4.87. The Morgan fingerprint density at radius 2 is 1.72 bits per heavy atom. The van der Waals surface area contributed by atoms with E-state index in [2.05, 4.69) is 26.8 Å². The lowest BCUT2D eigenvalue weighted by atomic mass is 10.3. The number of fused-ring (bicyclic) bond motifs is 1. The molecule has 0 aliphatic rings. The molecule has 0 aliphatic carbocycles. The summed E-state index contributed by atoms with van der Waals surface area (Å²) in [4.78, 5) is 18.4. The molecule has 32 heavy (non-hydrogen) atoms. The van der Waals surface area contributed by atoms with Crippen molar-refractivity contribution in [2.24, 2.45) is 0 Å². The highest BCUT2D eigenvalue weighted by molar-refractivity contribution is 7.90. The SMILES string of the molecule is Cc1ccc(C)n1-c1ccsc1-c1cc2nc(CS(=O)(=O)c3ccccc3)cc(=O)n2[nH]1. The fraction of sp³-hybridized carbons (Fsp3) is 0.130. The van der Waals surface area contributed by atoms with Crippen LogP contribution in [0.2, 0.25) is 0 Å². The Labute approximate surface area is 188 Å². The smallest absolute Gasteiger partial charge is 0.272 e. The molecule has 0 saturated heterocycles. The molecular formula is C23H20N4O3S2. The molecule has 0 aliphatic heterocycles. The number of hydrogen-bond donors (Lipinski definition) is 1. The monoisotopic (exact) mass is 464 g/mol. The van der Waals surface area contributed by atoms with E-state index in [1.807, 2.05) is 25.3 Å². The van der Waals surface area contributed by atoms with Crippen molar-refractivity contribution >= 4 is 26.8 Å². The number of sulfone groups is 1. The van der Waals surface area contributed by atoms with Gasteiger partial charge in [0.2, 0.25) is 0 Å². The zero-order chi connectivity index (χ0) is 22.5. The van der Waals surface area contributed by atoms with Gasteiger partial charge in [-0.05, 0) is 49.6 Å². The fourth-order valence-corrected chi connectivity index (χ4v) is 5.99. The van der Waals surface area contributed by atoms with Gasteiger partial charge in [-0.2, -0.15) is 0 Å². The first-order valence-electron chi connectivity index (χ1n) is 9.96. The van der Waals surface area contributed by atoms with Crippen molar-refractivity contribution < 1.29 is 8.42 Å². The second kappa shape index (κ2) is 7.61. The van der Waals surface area contributed by atoms with Crippen molar-refractivity contribution in [3.8, 4) is 16.3 Å². The van der Waals surface area contributed by atoms with Gasteiger partial charge in [0.1, 0.15) is 0 Å². The Bertz CT molecular complexity index is 1590. The minimum atomic E-state index is -3.60. The minimum Gasteiger partial charge on any atom is -0.317 e. The summed E-state index contributed by atoms with van der Waals surface area (Å²) >= 11 is 1.56. The molecule has 1 aromatic carbocycles. The molecule has 0 unspecified atom stereocenters. The highest BCUT2D eigenvalue weighted by Gasteiger charge is 2.19. The molecule has 0 saturated carbocycles. The van der Waals surface area contributed by atoms with Crippen LogP contribution in [0.15, 0.2) is 75.7 Å². The van der Waals surface area contributed by atoms with Crippen molar-refractivity contribution in [2.45, 2.75) is 24.5 Å². The van der Waals surface area contributed by atoms with Crippen molar-refractivity contribution in [2.75, 3.05) is 0 Å². The lowest BCUT2D eigenvalue weighted by molar-refractivity contribution is 0.594. The lowest BCUT2D eigenvalue weighted by Gasteiger charge is -2.09. The van der Waals surface area contributed by atoms with E-state index in [4.69, 9.17) is 0 Å². The van der Waals surface area contributed by atoms with E-state index >= 15 is 0 Å². The van der Waals surface area contributed by atoms with Gasteiger partial charge in [0, 0.05) is 23.5 Å². The number of nitrogens with zero attached hydrogens (tertiary/aromatic N) is 3. The van der Waals surface area contributed by atoms with Gasteiger partial charge in [0.05, 0.1) is 32.6 Å². The summed E-state index contributed by atoms with van der Waals surface area (Å²) in [6.07, 6.45) is 0. The van der Waals surface area contributed by atoms with Crippen molar-refractivity contribution in [3.63, 3.8) is 0 Å². The van der Waals surface area contributed by atoms with Gasteiger partial charge in [0.25, 0.3) is 5.56 Å². The predicted octanol–water partition coefficient (Wildman–Crippen LogP) is 4.13. The van der Waals surface area contributed by atoms with Gasteiger partial charge in [-0.15, -0.1) is 11.3 Å². The summed E-state index contributed by atoms with van der Waals surface area (Å²) in [7, 11) is -3.60. The Morgan fingerprint density at radius 3 is 2.44 bits per heavy atom. The topological polar surface area (TPSA) is 89.2 Å². The van der Waals surface area contributed by atoms with Gasteiger partial charge in [-0.25, -0.2) is 17.9 Å². The molecule has 0 radical (unpaired) electrons. The van der Waals surface area contributed by atoms with Crippen LogP contribution in [-0.2, 0) is 15.6 Å². The molecule has 0 bridgehead atoms. The van der Waals surface area contributed by atoms with E-state index in [0.29, 0.717) is 5.65 Å². The number of aromatic amines is 1. The second-order valence-electron chi connectivity index (χ2n) is 7.61. The maximum atomic E-state index is 12.7. The predicted molar refractivity (Wildman–Crippen MR) is 125 cm³/mol. The average molecular weight is 465 g/mol. The average Bonchev–Trinajstić information content (AvgIpc) is 3.47. The third-order valence-electron chi connectivity index (χ3n) is 5.34. The van der Waals surface area contributed by atoms with E-state index < -0.39 is 9.84 Å². The number of benzene rings is 1. The molecule has 1 N–H and O–H groups in total. The first-order valence-corrected chi connectivity index (χ1v) is 12.5. The number of H-pyrrole nitrogens is 1. The highest BCUT2D eigenvalue weighted by Crippen LogP contribution is 2.33. The summed E-state index contributed by atoms with van der Waals surface area (Å²) in [6.45, 7) is 4.09. The van der Waals surface area contributed by atoms with Gasteiger partial charge < -0.3 is 4.57 Å². The van der Waals surface area contributed by atoms with Crippen LogP contribution in [0.1, 0.15) is 17.1 Å². The number of hydrogen-bond acceptors (Lipinski definition) is 5. The highest BCUT2D eigenvalue weighted by atomic mass is 32.2. The zero-order valence-electron chi connectivity index (χ0n) is 17.4. The summed E-state index contributed by atoms with van der Waals surface area (Å²) in [5.74, 6) is -0.338. The van der Waals surface area contributed by atoms with Crippen molar-refractivity contribution in [1.29, 1.82) is 0 Å². The number of nitrogens with one attached hydrogen (secondary N) is 1. The molecule has 0 fully saturated rings. The molecule has 0 amide bonds. The molecular weight excluding hydrogens is 444 g/mol. The Morgan fingerprint density at radius 1 is 1.00 bits per heavy atom. The maximum Gasteiger partial charge on any atom is 0.272 e. The molecule has 9 heteroatoms. The van der Waals surface area contributed by atoms with Crippen molar-refractivity contribution in [1.82, 2.24) is 19.2 Å². The Balaban J connectivity index is 1.57. The third-order valence-corrected chi connectivity index (χ3v) is 7.95. The van der Waals surface area contributed by atoms with Crippen molar-refractivity contribution in [3.05, 3.63) is 93.5 Å². The summed E-state index contributed by atoms with van der Waals surface area (Å²) in [6, 6.07) is 17.4. The number of aromatic nitrogens is 4. The van der Waals surface area contributed by atoms with Gasteiger partial charge in [-0.1, -0.05) is 18.2 Å². The first kappa shape index (κ1) is 20.5. The largest absolute Gasteiger partial charge is 0.317 e.